The third kappa shape index (κ3) is 4.51. The van der Waals surface area contributed by atoms with Gasteiger partial charge in [-0.25, -0.2) is 4.79 Å². The van der Waals surface area contributed by atoms with Gasteiger partial charge < -0.3 is 20.9 Å². The van der Waals surface area contributed by atoms with E-state index >= 15 is 0 Å². The van der Waals surface area contributed by atoms with Crippen LogP contribution in [0.2, 0.25) is 0 Å². The number of ether oxygens (including phenoxy) is 2. The number of hydrogen-bond acceptors (Lipinski definition) is 8. The van der Waals surface area contributed by atoms with Crippen molar-refractivity contribution >= 4 is 11.8 Å². The smallest absolute Gasteiger partial charge is 0.351 e. The summed E-state index contributed by atoms with van der Waals surface area (Å²) in [5.74, 6) is -0.521. The third-order valence-electron chi connectivity index (χ3n) is 4.28. The number of aromatic nitrogens is 2. The highest BCUT2D eigenvalue weighted by atomic mass is 16.6. The van der Waals surface area contributed by atoms with Gasteiger partial charge in [0, 0.05) is 11.1 Å². The van der Waals surface area contributed by atoms with Crippen molar-refractivity contribution < 1.29 is 14.3 Å². The summed E-state index contributed by atoms with van der Waals surface area (Å²) < 4.78 is 12.5. The van der Waals surface area contributed by atoms with Crippen molar-refractivity contribution in [3.63, 3.8) is 0 Å². The largest absolute Gasteiger partial charge is 0.461 e. The van der Waals surface area contributed by atoms with Crippen molar-refractivity contribution in [3.05, 3.63) is 33.2 Å². The van der Waals surface area contributed by atoms with Crippen LogP contribution in [0.15, 0.2) is 22.2 Å². The van der Waals surface area contributed by atoms with E-state index in [0.717, 1.165) is 0 Å². The van der Waals surface area contributed by atoms with E-state index < -0.39 is 29.5 Å². The van der Waals surface area contributed by atoms with Gasteiger partial charge in [0.2, 0.25) is 0 Å². The lowest BCUT2D eigenvalue weighted by Gasteiger charge is -2.28. The molecule has 4 N–H and O–H groups in total. The van der Waals surface area contributed by atoms with Crippen LogP contribution in [0.3, 0.4) is 0 Å². The predicted molar refractivity (Wildman–Crippen MR) is 92.8 cm³/mol. The normalized spacial score (nSPS) is 23.5. The number of hydrogen-bond donors (Lipinski definition) is 2. The zero-order valence-corrected chi connectivity index (χ0v) is 14.7. The van der Waals surface area contributed by atoms with Crippen LogP contribution in [0.4, 0.5) is 5.82 Å². The lowest BCUT2D eigenvalue weighted by Crippen LogP contribution is -2.43. The van der Waals surface area contributed by atoms with Crippen molar-refractivity contribution in [1.29, 1.82) is 0 Å². The minimum Gasteiger partial charge on any atom is -0.461 e. The van der Waals surface area contributed by atoms with E-state index in [1.54, 1.807) is 0 Å². The van der Waals surface area contributed by atoms with E-state index in [9.17, 15) is 9.59 Å². The zero-order chi connectivity index (χ0) is 19.3. The highest BCUT2D eigenvalue weighted by Gasteiger charge is 2.42. The molecule has 142 valence electrons. The Morgan fingerprint density at radius 1 is 1.65 bits per heavy atom. The molecule has 1 saturated heterocycles. The van der Waals surface area contributed by atoms with E-state index in [1.807, 2.05) is 13.8 Å². The second kappa shape index (κ2) is 8.17. The van der Waals surface area contributed by atoms with Gasteiger partial charge in [-0.15, -0.1) is 0 Å². The summed E-state index contributed by atoms with van der Waals surface area (Å²) in [4.78, 5) is 30.4. The fourth-order valence-corrected chi connectivity index (χ4v) is 2.63. The van der Waals surface area contributed by atoms with E-state index in [1.165, 1.54) is 16.8 Å². The number of anilines is 1. The number of esters is 1. The quantitative estimate of drug-likeness (QED) is 0.310. The maximum absolute atomic E-state index is 12.0. The molecule has 2 heterocycles. The SMILES string of the molecule is CC(C)[C@H](N)C(=O)OC[C@]1(CN=[N+]=[N-])CC[C@H](n2ccc(N)nc2=O)O1. The maximum atomic E-state index is 12.0. The molecule has 1 aromatic rings. The Bertz CT molecular complexity index is 759. The number of carbonyl (C=O) groups excluding carboxylic acids is 1. The van der Waals surface area contributed by atoms with Gasteiger partial charge in [0.25, 0.3) is 0 Å². The average molecular weight is 365 g/mol. The molecule has 2 rings (SSSR count). The number of nitrogens with two attached hydrogens (primary N) is 2. The van der Waals surface area contributed by atoms with Crippen LogP contribution in [0.1, 0.15) is 32.9 Å². The molecule has 1 fully saturated rings. The van der Waals surface area contributed by atoms with Crippen molar-refractivity contribution in [2.24, 2.45) is 16.8 Å². The van der Waals surface area contributed by atoms with Crippen LogP contribution in [0.25, 0.3) is 10.4 Å². The number of rotatable bonds is 7. The molecule has 11 nitrogen and oxygen atoms in total. The average Bonchev–Trinajstić information content (AvgIpc) is 3.01. The van der Waals surface area contributed by atoms with Crippen LogP contribution >= 0.6 is 0 Å². The van der Waals surface area contributed by atoms with E-state index in [2.05, 4.69) is 15.0 Å². The Hall–Kier alpha value is -2.62. The van der Waals surface area contributed by atoms with E-state index in [0.29, 0.717) is 12.8 Å². The standard InChI is InChI=1S/C15H23N7O4/c1-9(2)12(17)13(23)25-8-15(7-19-21-18)5-3-11(26-15)22-6-4-10(16)20-14(22)24/h4,6,9,11-12H,3,5,7-8,17H2,1-2H3,(H2,16,20,24)/t11-,12+,15-/m1/s1. The minimum absolute atomic E-state index is 0.0403. The summed E-state index contributed by atoms with van der Waals surface area (Å²) in [6, 6.07) is 0.729. The van der Waals surface area contributed by atoms with Gasteiger partial charge in [0.05, 0.1) is 6.54 Å². The summed E-state index contributed by atoms with van der Waals surface area (Å²) in [7, 11) is 0. The molecule has 1 aromatic heterocycles. The van der Waals surface area contributed by atoms with Crippen LogP contribution in [-0.2, 0) is 14.3 Å². The monoisotopic (exact) mass is 365 g/mol. The number of azide groups is 1. The Balaban J connectivity index is 2.14. The molecular formula is C15H23N7O4. The second-order valence-corrected chi connectivity index (χ2v) is 6.60. The number of nitrogen functional groups attached to an aromatic ring is 1. The highest BCUT2D eigenvalue weighted by Crippen LogP contribution is 2.36. The second-order valence-electron chi connectivity index (χ2n) is 6.60. The van der Waals surface area contributed by atoms with E-state index in [-0.39, 0.29) is 24.9 Å². The molecule has 26 heavy (non-hydrogen) atoms. The molecule has 1 aliphatic rings. The lowest BCUT2D eigenvalue weighted by molar-refractivity contribution is -0.159. The topological polar surface area (TPSA) is 171 Å². The van der Waals surface area contributed by atoms with Crippen LogP contribution in [-0.4, -0.2) is 40.3 Å². The minimum atomic E-state index is -1.02. The highest BCUT2D eigenvalue weighted by molar-refractivity contribution is 5.75. The molecule has 0 spiro atoms. The van der Waals surface area contributed by atoms with Gasteiger partial charge in [-0.3, -0.25) is 9.36 Å². The van der Waals surface area contributed by atoms with Gasteiger partial charge >= 0.3 is 11.7 Å². The van der Waals surface area contributed by atoms with Crippen molar-refractivity contribution in [2.75, 3.05) is 18.9 Å². The molecular weight excluding hydrogens is 342 g/mol. The van der Waals surface area contributed by atoms with Gasteiger partial charge in [-0.2, -0.15) is 4.98 Å². The van der Waals surface area contributed by atoms with Crippen molar-refractivity contribution in [2.45, 2.75) is 44.6 Å². The van der Waals surface area contributed by atoms with E-state index in [4.69, 9.17) is 26.5 Å². The molecule has 0 saturated carbocycles. The molecule has 0 unspecified atom stereocenters. The van der Waals surface area contributed by atoms with Gasteiger partial charge in [0.1, 0.15) is 30.3 Å². The van der Waals surface area contributed by atoms with Crippen LogP contribution < -0.4 is 17.2 Å². The number of nitrogens with zero attached hydrogens (tertiary/aromatic N) is 5. The van der Waals surface area contributed by atoms with Crippen molar-refractivity contribution in [3.8, 4) is 0 Å². The molecule has 0 bridgehead atoms. The predicted octanol–water partition coefficient (Wildman–Crippen LogP) is 0.710. The molecule has 0 aromatic carbocycles. The number of carbonyl (C=O) groups is 1. The van der Waals surface area contributed by atoms with Gasteiger partial charge in [-0.1, -0.05) is 19.0 Å². The Morgan fingerprint density at radius 3 is 3.00 bits per heavy atom. The molecule has 1 aliphatic heterocycles. The Labute approximate surface area is 149 Å². The Kier molecular flexibility index (Phi) is 6.19. The summed E-state index contributed by atoms with van der Waals surface area (Å²) >= 11 is 0. The fourth-order valence-electron chi connectivity index (χ4n) is 2.63. The fraction of sp³-hybridized carbons (Fsp3) is 0.667. The first-order chi connectivity index (χ1) is 12.3. The van der Waals surface area contributed by atoms with Crippen molar-refractivity contribution in [1.82, 2.24) is 9.55 Å². The zero-order valence-electron chi connectivity index (χ0n) is 14.7. The van der Waals surface area contributed by atoms with Crippen LogP contribution in [0.5, 0.6) is 0 Å². The molecule has 11 heteroatoms. The first-order valence-corrected chi connectivity index (χ1v) is 8.23. The summed E-state index contributed by atoms with van der Waals surface area (Å²) in [5, 5.41) is 3.56. The molecule has 0 radical (unpaired) electrons. The molecule has 0 aliphatic carbocycles. The maximum Gasteiger partial charge on any atom is 0.351 e. The summed E-state index contributed by atoms with van der Waals surface area (Å²) in [6.07, 6.45) is 1.75. The summed E-state index contributed by atoms with van der Waals surface area (Å²) in [6.45, 7) is 3.45. The first kappa shape index (κ1) is 19.7. The molecule has 3 atom stereocenters. The Morgan fingerprint density at radius 2 is 2.38 bits per heavy atom. The first-order valence-electron chi connectivity index (χ1n) is 8.23. The molecule has 0 amide bonds. The van der Waals surface area contributed by atoms with Gasteiger partial charge in [0.15, 0.2) is 0 Å². The summed E-state index contributed by atoms with van der Waals surface area (Å²) in [5.41, 5.74) is 18.3. The third-order valence-corrected chi connectivity index (χ3v) is 4.28. The lowest BCUT2D eigenvalue weighted by atomic mass is 10.0. The van der Waals surface area contributed by atoms with Crippen LogP contribution in [0, 0.1) is 5.92 Å². The van der Waals surface area contributed by atoms with Gasteiger partial charge in [-0.05, 0) is 30.4 Å².